The van der Waals surface area contributed by atoms with E-state index in [0.717, 1.165) is 11.5 Å². The Morgan fingerprint density at radius 3 is 2.81 bits per heavy atom. The molecule has 5 nitrogen and oxygen atoms in total. The summed E-state index contributed by atoms with van der Waals surface area (Å²) in [7, 11) is 0. The molecule has 0 radical (unpaired) electrons. The van der Waals surface area contributed by atoms with Crippen LogP contribution in [0.25, 0.3) is 0 Å². The van der Waals surface area contributed by atoms with Crippen molar-refractivity contribution in [1.29, 1.82) is 0 Å². The van der Waals surface area contributed by atoms with E-state index in [1.807, 2.05) is 12.1 Å². The van der Waals surface area contributed by atoms with Crippen molar-refractivity contribution in [2.75, 3.05) is 6.54 Å². The van der Waals surface area contributed by atoms with Crippen LogP contribution in [0.15, 0.2) is 16.5 Å². The van der Waals surface area contributed by atoms with Crippen molar-refractivity contribution in [3.05, 3.63) is 23.7 Å². The Morgan fingerprint density at radius 1 is 1.48 bits per heavy atom. The highest BCUT2D eigenvalue weighted by atomic mass is 16.4. The van der Waals surface area contributed by atoms with Crippen LogP contribution in [-0.2, 0) is 16.0 Å². The highest BCUT2D eigenvalue weighted by Gasteiger charge is 2.36. The van der Waals surface area contributed by atoms with Gasteiger partial charge in [-0.25, -0.2) is 0 Å². The Kier molecular flexibility index (Phi) is 5.04. The van der Waals surface area contributed by atoms with E-state index < -0.39 is 11.9 Å². The van der Waals surface area contributed by atoms with Crippen LogP contribution in [0.1, 0.15) is 50.5 Å². The van der Waals surface area contributed by atoms with Crippen LogP contribution in [0.5, 0.6) is 0 Å². The van der Waals surface area contributed by atoms with Gasteiger partial charge in [0.25, 0.3) is 0 Å². The average Bonchev–Trinajstić information content (AvgIpc) is 2.99. The van der Waals surface area contributed by atoms with Crippen LogP contribution in [0, 0.1) is 11.8 Å². The molecule has 116 valence electrons. The number of furan rings is 1. The maximum absolute atomic E-state index is 11.7. The van der Waals surface area contributed by atoms with E-state index in [4.69, 9.17) is 9.52 Å². The molecule has 1 fully saturated rings. The summed E-state index contributed by atoms with van der Waals surface area (Å²) in [5, 5.41) is 11.5. The third-order valence-corrected chi connectivity index (χ3v) is 4.08. The molecule has 0 bridgehead atoms. The van der Waals surface area contributed by atoms with Crippen molar-refractivity contribution in [3.63, 3.8) is 0 Å². The largest absolute Gasteiger partial charge is 0.481 e. The van der Waals surface area contributed by atoms with Crippen LogP contribution in [0.4, 0.5) is 0 Å². The zero-order valence-electron chi connectivity index (χ0n) is 12.6. The van der Waals surface area contributed by atoms with E-state index >= 15 is 0 Å². The lowest BCUT2D eigenvalue weighted by molar-refractivity contribution is -0.141. The lowest BCUT2D eigenvalue weighted by atomic mass is 10.1. The van der Waals surface area contributed by atoms with Gasteiger partial charge in [-0.2, -0.15) is 0 Å². The molecule has 2 N–H and O–H groups in total. The standard InChI is InChI=1S/C16H23NO4/c1-10(16(19)20)7-8-17-15(18)6-4-12-3-5-14(21-12)13-9-11(13)2/h3,5,10-11,13H,4,6-9H2,1-2H3,(H,17,18)(H,19,20). The van der Waals surface area contributed by atoms with Crippen LogP contribution in [0.2, 0.25) is 0 Å². The number of carbonyl (C=O) groups excluding carboxylic acids is 1. The van der Waals surface area contributed by atoms with E-state index in [-0.39, 0.29) is 5.91 Å². The Morgan fingerprint density at radius 2 is 2.19 bits per heavy atom. The number of carboxylic acid groups (broad SMARTS) is 1. The first kappa shape index (κ1) is 15.6. The van der Waals surface area contributed by atoms with Gasteiger partial charge in [0, 0.05) is 25.3 Å². The molecule has 1 aliphatic rings. The van der Waals surface area contributed by atoms with Crippen LogP contribution < -0.4 is 5.32 Å². The maximum Gasteiger partial charge on any atom is 0.306 e. The molecule has 21 heavy (non-hydrogen) atoms. The zero-order chi connectivity index (χ0) is 15.4. The first-order valence-electron chi connectivity index (χ1n) is 7.55. The fraction of sp³-hybridized carbons (Fsp3) is 0.625. The van der Waals surface area contributed by atoms with Crippen molar-refractivity contribution >= 4 is 11.9 Å². The van der Waals surface area contributed by atoms with Gasteiger partial charge in [0.1, 0.15) is 11.5 Å². The number of carboxylic acids is 1. The molecule has 3 atom stereocenters. The molecule has 1 aromatic rings. The predicted octanol–water partition coefficient (Wildman–Crippen LogP) is 2.56. The number of nitrogens with one attached hydrogen (secondary N) is 1. The molecular formula is C16H23NO4. The topological polar surface area (TPSA) is 79.5 Å². The number of aliphatic carboxylic acids is 1. The Labute approximate surface area is 124 Å². The second-order valence-corrected chi connectivity index (χ2v) is 6.00. The van der Waals surface area contributed by atoms with E-state index in [1.165, 1.54) is 6.42 Å². The molecule has 1 heterocycles. The summed E-state index contributed by atoms with van der Waals surface area (Å²) >= 11 is 0. The normalized spacial score (nSPS) is 21.8. The molecule has 1 aromatic heterocycles. The highest BCUT2D eigenvalue weighted by molar-refractivity contribution is 5.76. The van der Waals surface area contributed by atoms with E-state index in [9.17, 15) is 9.59 Å². The van der Waals surface area contributed by atoms with E-state index in [2.05, 4.69) is 12.2 Å². The minimum absolute atomic E-state index is 0.0645. The molecule has 5 heteroatoms. The maximum atomic E-state index is 11.7. The van der Waals surface area contributed by atoms with Gasteiger partial charge in [0.05, 0.1) is 5.92 Å². The quantitative estimate of drug-likeness (QED) is 0.772. The first-order valence-corrected chi connectivity index (χ1v) is 7.55. The zero-order valence-corrected chi connectivity index (χ0v) is 12.6. The third kappa shape index (κ3) is 4.62. The second-order valence-electron chi connectivity index (χ2n) is 6.00. The first-order chi connectivity index (χ1) is 9.97. The van der Waals surface area contributed by atoms with Gasteiger partial charge in [-0.3, -0.25) is 9.59 Å². The molecule has 3 unspecified atom stereocenters. The van der Waals surface area contributed by atoms with Gasteiger partial charge in [0.15, 0.2) is 0 Å². The van der Waals surface area contributed by atoms with E-state index in [1.54, 1.807) is 6.92 Å². The lowest BCUT2D eigenvalue weighted by Crippen LogP contribution is -2.27. The summed E-state index contributed by atoms with van der Waals surface area (Å²) in [5.41, 5.74) is 0. The number of hydrogen-bond acceptors (Lipinski definition) is 3. The molecule has 0 spiro atoms. The highest BCUT2D eigenvalue weighted by Crippen LogP contribution is 2.47. The Balaban J connectivity index is 1.64. The van der Waals surface area contributed by atoms with Gasteiger partial charge in [-0.15, -0.1) is 0 Å². The second kappa shape index (κ2) is 6.78. The number of amides is 1. The Bertz CT molecular complexity index is 508. The molecule has 1 saturated carbocycles. The predicted molar refractivity (Wildman–Crippen MR) is 78.0 cm³/mol. The molecule has 1 aliphatic carbocycles. The third-order valence-electron chi connectivity index (χ3n) is 4.08. The average molecular weight is 293 g/mol. The van der Waals surface area contributed by atoms with Crippen molar-refractivity contribution in [1.82, 2.24) is 5.32 Å². The molecule has 0 aromatic carbocycles. The van der Waals surface area contributed by atoms with Crippen LogP contribution >= 0.6 is 0 Å². The van der Waals surface area contributed by atoms with Crippen molar-refractivity contribution in [2.24, 2.45) is 11.8 Å². The monoisotopic (exact) mass is 293 g/mol. The van der Waals surface area contributed by atoms with Gasteiger partial charge in [-0.05, 0) is 30.9 Å². The number of hydrogen-bond donors (Lipinski definition) is 2. The number of carbonyl (C=O) groups is 2. The molecule has 2 rings (SSSR count). The number of aryl methyl sites for hydroxylation is 1. The molecule has 0 aliphatic heterocycles. The minimum Gasteiger partial charge on any atom is -0.481 e. The summed E-state index contributed by atoms with van der Waals surface area (Å²) in [6.45, 7) is 4.24. The SMILES string of the molecule is CC(CCNC(=O)CCc1ccc(C2CC2C)o1)C(=O)O. The smallest absolute Gasteiger partial charge is 0.306 e. The van der Waals surface area contributed by atoms with Crippen LogP contribution in [-0.4, -0.2) is 23.5 Å². The summed E-state index contributed by atoms with van der Waals surface area (Å²) in [4.78, 5) is 22.3. The Hall–Kier alpha value is -1.78. The molecule has 1 amide bonds. The fourth-order valence-electron chi connectivity index (χ4n) is 2.32. The van der Waals surface area contributed by atoms with Crippen LogP contribution in [0.3, 0.4) is 0 Å². The van der Waals surface area contributed by atoms with E-state index in [0.29, 0.717) is 37.6 Å². The molecular weight excluding hydrogens is 270 g/mol. The van der Waals surface area contributed by atoms with Crippen molar-refractivity contribution in [2.45, 2.75) is 45.4 Å². The van der Waals surface area contributed by atoms with Gasteiger partial charge in [0.2, 0.25) is 5.91 Å². The lowest BCUT2D eigenvalue weighted by Gasteiger charge is -2.07. The van der Waals surface area contributed by atoms with Gasteiger partial charge in [-0.1, -0.05) is 13.8 Å². The summed E-state index contributed by atoms with van der Waals surface area (Å²) < 4.78 is 5.74. The summed E-state index contributed by atoms with van der Waals surface area (Å²) in [6, 6.07) is 3.95. The number of rotatable bonds is 8. The van der Waals surface area contributed by atoms with Crippen molar-refractivity contribution < 1.29 is 19.1 Å². The fourth-order valence-corrected chi connectivity index (χ4v) is 2.32. The van der Waals surface area contributed by atoms with Gasteiger partial charge >= 0.3 is 5.97 Å². The summed E-state index contributed by atoms with van der Waals surface area (Å²) in [6.07, 6.45) is 2.59. The van der Waals surface area contributed by atoms with Crippen molar-refractivity contribution in [3.8, 4) is 0 Å². The molecule has 0 saturated heterocycles. The van der Waals surface area contributed by atoms with Gasteiger partial charge < -0.3 is 14.8 Å². The minimum atomic E-state index is -0.832. The summed E-state index contributed by atoms with van der Waals surface area (Å²) in [5.74, 6) is 1.82.